The van der Waals surface area contributed by atoms with Crippen LogP contribution in [0.2, 0.25) is 0 Å². The van der Waals surface area contributed by atoms with E-state index in [4.69, 9.17) is 14.2 Å². The highest BCUT2D eigenvalue weighted by Crippen LogP contribution is 2.53. The summed E-state index contributed by atoms with van der Waals surface area (Å²) in [4.78, 5) is 0. The summed E-state index contributed by atoms with van der Waals surface area (Å²) in [5.74, 6) is 1.29. The van der Waals surface area contributed by atoms with Crippen molar-refractivity contribution < 1.29 is 19.3 Å². The molecule has 4 unspecified atom stereocenters. The van der Waals surface area contributed by atoms with E-state index >= 15 is 0 Å². The number of benzene rings is 2. The quantitative estimate of drug-likeness (QED) is 0.686. The van der Waals surface area contributed by atoms with Crippen LogP contribution in [0, 0.1) is 6.92 Å². The molecular weight excluding hydrogens is 372 g/mol. The lowest BCUT2D eigenvalue weighted by atomic mass is 9.94. The highest BCUT2D eigenvalue weighted by atomic mass is 32.2. The number of hydrogen-bond acceptors (Lipinski definition) is 5. The second kappa shape index (κ2) is 8.36. The maximum absolute atomic E-state index is 10.6. The lowest BCUT2D eigenvalue weighted by Gasteiger charge is -2.27. The fourth-order valence-corrected chi connectivity index (χ4v) is 5.69. The average Bonchev–Trinajstić information content (AvgIpc) is 3.46. The van der Waals surface area contributed by atoms with Gasteiger partial charge in [-0.2, -0.15) is 0 Å². The number of hydrogen-bond donors (Lipinski definition) is 1. The molecule has 0 aromatic heterocycles. The van der Waals surface area contributed by atoms with Gasteiger partial charge in [-0.1, -0.05) is 18.2 Å². The van der Waals surface area contributed by atoms with E-state index in [-0.39, 0.29) is 5.25 Å². The first kappa shape index (κ1) is 19.6. The molecule has 5 heteroatoms. The van der Waals surface area contributed by atoms with Gasteiger partial charge >= 0.3 is 0 Å². The van der Waals surface area contributed by atoms with E-state index in [1.54, 1.807) is 7.11 Å². The topological polar surface area (TPSA) is 51.2 Å². The van der Waals surface area contributed by atoms with Crippen molar-refractivity contribution in [3.05, 3.63) is 58.7 Å². The molecule has 0 aliphatic carbocycles. The van der Waals surface area contributed by atoms with Crippen LogP contribution in [-0.2, 0) is 15.9 Å². The standard InChI is InChI=1S/C23H28O4S/c1-4-26-17-7-5-15(6-8-17)10-16-11-18(19(24)9-14(16)2)21-12-20-23(27-20)22(28-21)13-25-3/h5-9,11,20-24H,4,10,12-13H2,1-3H3. The Balaban J connectivity index is 1.54. The molecule has 2 aliphatic heterocycles. The molecule has 150 valence electrons. The van der Waals surface area contributed by atoms with Gasteiger partial charge in [-0.15, -0.1) is 11.8 Å². The van der Waals surface area contributed by atoms with Crippen LogP contribution >= 0.6 is 11.8 Å². The number of fused-ring (bicyclic) bond motifs is 1. The fraction of sp³-hybridized carbons (Fsp3) is 0.478. The Morgan fingerprint density at radius 3 is 2.71 bits per heavy atom. The summed E-state index contributed by atoms with van der Waals surface area (Å²) in [5.41, 5.74) is 4.62. The number of phenols is 1. The molecule has 2 fully saturated rings. The Bertz CT molecular complexity index is 820. The summed E-state index contributed by atoms with van der Waals surface area (Å²) in [6.45, 7) is 5.42. The number of methoxy groups -OCH3 is 1. The van der Waals surface area contributed by atoms with Gasteiger partial charge in [-0.3, -0.25) is 0 Å². The predicted octanol–water partition coefficient (Wildman–Crippen LogP) is 4.65. The monoisotopic (exact) mass is 400 g/mol. The minimum atomic E-state index is 0.239. The predicted molar refractivity (Wildman–Crippen MR) is 113 cm³/mol. The molecule has 4 nitrogen and oxygen atoms in total. The zero-order valence-electron chi connectivity index (χ0n) is 16.7. The van der Waals surface area contributed by atoms with Gasteiger partial charge in [0, 0.05) is 17.9 Å². The lowest BCUT2D eigenvalue weighted by Crippen LogP contribution is -2.26. The largest absolute Gasteiger partial charge is 0.508 e. The van der Waals surface area contributed by atoms with E-state index in [1.165, 1.54) is 11.1 Å². The molecule has 0 radical (unpaired) electrons. The first-order valence-corrected chi connectivity index (χ1v) is 10.9. The fourth-order valence-electron chi connectivity index (χ4n) is 4.02. The maximum atomic E-state index is 10.6. The summed E-state index contributed by atoms with van der Waals surface area (Å²) in [6.07, 6.45) is 2.42. The number of aromatic hydroxyl groups is 1. The Labute approximate surface area is 171 Å². The van der Waals surface area contributed by atoms with Crippen molar-refractivity contribution in [3.63, 3.8) is 0 Å². The molecule has 2 aromatic rings. The average molecular weight is 401 g/mol. The number of ether oxygens (including phenoxy) is 3. The van der Waals surface area contributed by atoms with Gasteiger partial charge in [0.25, 0.3) is 0 Å². The van der Waals surface area contributed by atoms with Gasteiger partial charge in [-0.05, 0) is 61.6 Å². The number of thioether (sulfide) groups is 1. The molecule has 0 saturated carbocycles. The summed E-state index contributed by atoms with van der Waals surface area (Å²) < 4.78 is 16.7. The normalized spacial score (nSPS) is 26.0. The van der Waals surface area contributed by atoms with Crippen LogP contribution in [0.3, 0.4) is 0 Å². The summed E-state index contributed by atoms with van der Waals surface area (Å²) in [6, 6.07) is 12.4. The third kappa shape index (κ3) is 4.17. The van der Waals surface area contributed by atoms with Crippen LogP contribution in [0.5, 0.6) is 11.5 Å². The molecule has 0 spiro atoms. The molecule has 28 heavy (non-hydrogen) atoms. The van der Waals surface area contributed by atoms with Crippen molar-refractivity contribution in [2.45, 2.75) is 49.4 Å². The van der Waals surface area contributed by atoms with E-state index in [9.17, 15) is 5.11 Å². The SMILES string of the molecule is CCOc1ccc(Cc2cc(C3CC4OC4C(COC)S3)c(O)cc2C)cc1. The number of phenolic OH excluding ortho intramolecular Hbond substituents is 1. The zero-order valence-corrected chi connectivity index (χ0v) is 17.5. The van der Waals surface area contributed by atoms with Crippen LogP contribution in [0.1, 0.15) is 40.8 Å². The first-order chi connectivity index (χ1) is 13.6. The Morgan fingerprint density at radius 2 is 2.00 bits per heavy atom. The minimum absolute atomic E-state index is 0.239. The molecule has 2 heterocycles. The van der Waals surface area contributed by atoms with Crippen LogP contribution < -0.4 is 4.74 Å². The Hall–Kier alpha value is -1.69. The summed E-state index contributed by atoms with van der Waals surface area (Å²) in [7, 11) is 1.74. The molecule has 4 rings (SSSR count). The van der Waals surface area contributed by atoms with Crippen molar-refractivity contribution in [3.8, 4) is 11.5 Å². The van der Waals surface area contributed by atoms with E-state index in [1.807, 2.05) is 36.9 Å². The van der Waals surface area contributed by atoms with Gasteiger partial charge in [0.05, 0.1) is 30.7 Å². The third-order valence-corrected chi connectivity index (χ3v) is 7.09. The van der Waals surface area contributed by atoms with Crippen LogP contribution in [0.25, 0.3) is 0 Å². The molecule has 2 saturated heterocycles. The molecular formula is C23H28O4S. The van der Waals surface area contributed by atoms with Crippen molar-refractivity contribution in [2.75, 3.05) is 20.3 Å². The van der Waals surface area contributed by atoms with Crippen LogP contribution in [0.4, 0.5) is 0 Å². The molecule has 2 aromatic carbocycles. The molecule has 2 aliphatic rings. The first-order valence-electron chi connectivity index (χ1n) is 9.93. The van der Waals surface area contributed by atoms with Crippen molar-refractivity contribution in [1.82, 2.24) is 0 Å². The number of rotatable bonds is 7. The molecule has 0 bridgehead atoms. The molecule has 4 atom stereocenters. The van der Waals surface area contributed by atoms with Gasteiger partial charge < -0.3 is 19.3 Å². The van der Waals surface area contributed by atoms with E-state index in [2.05, 4.69) is 25.1 Å². The molecule has 0 amide bonds. The summed E-state index contributed by atoms with van der Waals surface area (Å²) in [5, 5.41) is 11.2. The minimum Gasteiger partial charge on any atom is -0.508 e. The van der Waals surface area contributed by atoms with Gasteiger partial charge in [-0.25, -0.2) is 0 Å². The highest BCUT2D eigenvalue weighted by molar-refractivity contribution is 8.00. The smallest absolute Gasteiger partial charge is 0.120 e. The second-order valence-electron chi connectivity index (χ2n) is 7.58. The van der Waals surface area contributed by atoms with Gasteiger partial charge in [0.1, 0.15) is 11.5 Å². The summed E-state index contributed by atoms with van der Waals surface area (Å²) >= 11 is 1.87. The van der Waals surface area contributed by atoms with Gasteiger partial charge in [0.15, 0.2) is 0 Å². The maximum Gasteiger partial charge on any atom is 0.120 e. The molecule has 1 N–H and O–H groups in total. The van der Waals surface area contributed by atoms with E-state index in [0.29, 0.717) is 36.4 Å². The number of aryl methyl sites for hydroxylation is 1. The van der Waals surface area contributed by atoms with Crippen molar-refractivity contribution in [1.29, 1.82) is 0 Å². The Kier molecular flexibility index (Phi) is 5.85. The van der Waals surface area contributed by atoms with Crippen molar-refractivity contribution >= 4 is 11.8 Å². The van der Waals surface area contributed by atoms with Crippen LogP contribution in [0.15, 0.2) is 36.4 Å². The zero-order chi connectivity index (χ0) is 19.7. The third-order valence-electron chi connectivity index (χ3n) is 5.57. The highest BCUT2D eigenvalue weighted by Gasteiger charge is 2.51. The number of epoxide rings is 1. The van der Waals surface area contributed by atoms with E-state index in [0.717, 1.165) is 29.7 Å². The second-order valence-corrected chi connectivity index (χ2v) is 9.03. The van der Waals surface area contributed by atoms with Crippen LogP contribution in [-0.4, -0.2) is 42.9 Å². The van der Waals surface area contributed by atoms with Crippen molar-refractivity contribution in [2.24, 2.45) is 0 Å². The Morgan fingerprint density at radius 1 is 1.21 bits per heavy atom. The van der Waals surface area contributed by atoms with Gasteiger partial charge in [0.2, 0.25) is 0 Å². The van der Waals surface area contributed by atoms with E-state index < -0.39 is 0 Å². The lowest BCUT2D eigenvalue weighted by molar-refractivity contribution is 0.189.